The predicted molar refractivity (Wildman–Crippen MR) is 117 cm³/mol. The second-order valence-electron chi connectivity index (χ2n) is 7.76. The van der Waals surface area contributed by atoms with E-state index in [-0.39, 0.29) is 17.6 Å². The summed E-state index contributed by atoms with van der Waals surface area (Å²) >= 11 is 0. The van der Waals surface area contributed by atoms with Crippen molar-refractivity contribution in [2.24, 2.45) is 0 Å². The molecule has 8 heteroatoms. The number of carbonyl (C=O) groups is 1. The normalized spacial score (nSPS) is 12.5. The number of fused-ring (bicyclic) bond motifs is 3. The highest BCUT2D eigenvalue weighted by Gasteiger charge is 2.22. The van der Waals surface area contributed by atoms with Crippen LogP contribution >= 0.6 is 0 Å². The van der Waals surface area contributed by atoms with Gasteiger partial charge in [0.15, 0.2) is 5.58 Å². The Bertz CT molecular complexity index is 1280. The molecular formula is C23H26N4O4. The first kappa shape index (κ1) is 20.7. The molecule has 0 bridgehead atoms. The number of nitrogens with one attached hydrogen (secondary N) is 1. The van der Waals surface area contributed by atoms with E-state index in [9.17, 15) is 9.59 Å². The second-order valence-corrected chi connectivity index (χ2v) is 7.76. The minimum Gasteiger partial charge on any atom is -0.491 e. The lowest BCUT2D eigenvalue weighted by atomic mass is 10.2. The fourth-order valence-electron chi connectivity index (χ4n) is 3.59. The van der Waals surface area contributed by atoms with E-state index in [0.717, 1.165) is 16.8 Å². The maximum absolute atomic E-state index is 13.1. The van der Waals surface area contributed by atoms with Gasteiger partial charge in [0.05, 0.1) is 17.9 Å². The van der Waals surface area contributed by atoms with Crippen LogP contribution in [0.5, 0.6) is 5.75 Å². The van der Waals surface area contributed by atoms with Crippen LogP contribution in [0.4, 0.5) is 0 Å². The highest BCUT2D eigenvalue weighted by molar-refractivity contribution is 5.83. The van der Waals surface area contributed by atoms with Crippen molar-refractivity contribution >= 4 is 22.5 Å². The minimum absolute atomic E-state index is 0.104. The van der Waals surface area contributed by atoms with Gasteiger partial charge in [-0.2, -0.15) is 5.10 Å². The summed E-state index contributed by atoms with van der Waals surface area (Å²) < 4.78 is 14.1. The molecule has 3 aromatic heterocycles. The maximum Gasteiger partial charge on any atom is 0.291 e. The van der Waals surface area contributed by atoms with Crippen molar-refractivity contribution in [1.29, 1.82) is 0 Å². The van der Waals surface area contributed by atoms with Gasteiger partial charge in [-0.05, 0) is 38.5 Å². The molecule has 31 heavy (non-hydrogen) atoms. The Kier molecular flexibility index (Phi) is 5.54. The Balaban J connectivity index is 1.54. The van der Waals surface area contributed by atoms with Crippen LogP contribution in [0.3, 0.4) is 0 Å². The lowest BCUT2D eigenvalue weighted by Crippen LogP contribution is -2.38. The Hall–Kier alpha value is -3.55. The number of rotatable bonds is 7. The molecule has 0 aliphatic carbocycles. The fraction of sp³-hybridized carbons (Fsp3) is 0.348. The molecule has 0 radical (unpaired) electrons. The van der Waals surface area contributed by atoms with Crippen LogP contribution in [0, 0.1) is 0 Å². The molecule has 0 fully saturated rings. The average molecular weight is 422 g/mol. The van der Waals surface area contributed by atoms with E-state index >= 15 is 0 Å². The smallest absolute Gasteiger partial charge is 0.291 e. The molecule has 0 saturated heterocycles. The summed E-state index contributed by atoms with van der Waals surface area (Å²) in [6.07, 6.45) is 2.29. The van der Waals surface area contributed by atoms with Gasteiger partial charge in [-0.25, -0.2) is 4.68 Å². The van der Waals surface area contributed by atoms with Crippen molar-refractivity contribution in [3.8, 4) is 5.75 Å². The zero-order valence-electron chi connectivity index (χ0n) is 18.1. The topological polar surface area (TPSA) is 90.8 Å². The molecule has 8 nitrogen and oxygen atoms in total. The number of furan rings is 1. The average Bonchev–Trinajstić information content (AvgIpc) is 3.34. The van der Waals surface area contributed by atoms with Gasteiger partial charge in [-0.1, -0.05) is 19.1 Å². The molecule has 0 aliphatic heterocycles. The number of hydrogen-bond donors (Lipinski definition) is 1. The SMILES string of the molecule is CCc1nn(C(C)C(=O)NCc2ccc(OC(C)C)cc2)c(=O)c2cc3occc3n12. The van der Waals surface area contributed by atoms with Gasteiger partial charge in [0, 0.05) is 25.1 Å². The molecule has 4 aromatic rings. The molecule has 4 rings (SSSR count). The third kappa shape index (κ3) is 3.93. The number of hydrogen-bond acceptors (Lipinski definition) is 5. The van der Waals surface area contributed by atoms with E-state index in [4.69, 9.17) is 9.15 Å². The van der Waals surface area contributed by atoms with Crippen LogP contribution < -0.4 is 15.6 Å². The van der Waals surface area contributed by atoms with Crippen molar-refractivity contribution in [3.05, 3.63) is 64.4 Å². The number of aryl methyl sites for hydroxylation is 1. The largest absolute Gasteiger partial charge is 0.491 e. The van der Waals surface area contributed by atoms with Crippen molar-refractivity contribution in [1.82, 2.24) is 19.5 Å². The van der Waals surface area contributed by atoms with Crippen LogP contribution in [0.25, 0.3) is 16.6 Å². The third-order valence-corrected chi connectivity index (χ3v) is 5.16. The summed E-state index contributed by atoms with van der Waals surface area (Å²) in [4.78, 5) is 25.8. The highest BCUT2D eigenvalue weighted by atomic mass is 16.5. The van der Waals surface area contributed by atoms with Gasteiger partial charge in [0.25, 0.3) is 5.56 Å². The van der Waals surface area contributed by atoms with Gasteiger partial charge in [-0.15, -0.1) is 0 Å². The second kappa shape index (κ2) is 8.29. The summed E-state index contributed by atoms with van der Waals surface area (Å²) in [5.74, 6) is 1.19. The lowest BCUT2D eigenvalue weighted by molar-refractivity contribution is -0.124. The monoisotopic (exact) mass is 422 g/mol. The van der Waals surface area contributed by atoms with Crippen LogP contribution in [0.1, 0.15) is 45.1 Å². The molecule has 0 spiro atoms. The molecule has 1 amide bonds. The molecule has 0 saturated carbocycles. The fourth-order valence-corrected chi connectivity index (χ4v) is 3.59. The van der Waals surface area contributed by atoms with E-state index in [0.29, 0.717) is 29.9 Å². The lowest BCUT2D eigenvalue weighted by Gasteiger charge is -2.16. The molecule has 1 N–H and O–H groups in total. The Morgan fingerprint density at radius 2 is 1.90 bits per heavy atom. The highest BCUT2D eigenvalue weighted by Crippen LogP contribution is 2.21. The Morgan fingerprint density at radius 1 is 1.16 bits per heavy atom. The van der Waals surface area contributed by atoms with Crippen LogP contribution in [0.2, 0.25) is 0 Å². The molecular weight excluding hydrogens is 396 g/mol. The molecule has 3 heterocycles. The standard InChI is InChI=1S/C23H26N4O4/c1-5-21-25-27(23(29)19-12-20-18(26(19)21)10-11-30-20)15(4)22(28)24-13-16-6-8-17(9-7-16)31-14(2)3/h6-12,14-15H,5,13H2,1-4H3,(H,24,28). The van der Waals surface area contributed by atoms with E-state index in [2.05, 4.69) is 10.4 Å². The Labute approximate surface area is 179 Å². The summed E-state index contributed by atoms with van der Waals surface area (Å²) in [7, 11) is 0. The van der Waals surface area contributed by atoms with Crippen LogP contribution in [0.15, 0.2) is 51.9 Å². The van der Waals surface area contributed by atoms with Crippen LogP contribution in [-0.4, -0.2) is 26.2 Å². The van der Waals surface area contributed by atoms with Gasteiger partial charge < -0.3 is 14.5 Å². The third-order valence-electron chi connectivity index (χ3n) is 5.16. The van der Waals surface area contributed by atoms with E-state index in [1.165, 1.54) is 4.68 Å². The first-order valence-electron chi connectivity index (χ1n) is 10.4. The number of nitrogens with zero attached hydrogens (tertiary/aromatic N) is 3. The predicted octanol–water partition coefficient (Wildman–Crippen LogP) is 3.47. The zero-order chi connectivity index (χ0) is 22.1. The number of aromatic nitrogens is 3. The maximum atomic E-state index is 13.1. The zero-order valence-corrected chi connectivity index (χ0v) is 18.1. The number of amides is 1. The van der Waals surface area contributed by atoms with Crippen molar-refractivity contribution in [2.45, 2.75) is 52.8 Å². The Morgan fingerprint density at radius 3 is 2.58 bits per heavy atom. The summed E-state index contributed by atoms with van der Waals surface area (Å²) in [6, 6.07) is 10.3. The summed E-state index contributed by atoms with van der Waals surface area (Å²) in [6.45, 7) is 7.92. The van der Waals surface area contributed by atoms with Crippen molar-refractivity contribution in [3.63, 3.8) is 0 Å². The summed E-state index contributed by atoms with van der Waals surface area (Å²) in [5.41, 5.74) is 2.47. The number of carbonyl (C=O) groups excluding carboxylic acids is 1. The minimum atomic E-state index is -0.757. The molecule has 1 unspecified atom stereocenters. The van der Waals surface area contributed by atoms with E-state index in [1.807, 2.05) is 45.0 Å². The first-order valence-corrected chi connectivity index (χ1v) is 10.4. The number of ether oxygens (including phenoxy) is 1. The summed E-state index contributed by atoms with van der Waals surface area (Å²) in [5, 5.41) is 7.37. The van der Waals surface area contributed by atoms with Gasteiger partial charge in [-0.3, -0.25) is 14.0 Å². The molecule has 1 atom stereocenters. The van der Waals surface area contributed by atoms with Gasteiger partial charge in [0.1, 0.15) is 23.1 Å². The van der Waals surface area contributed by atoms with Gasteiger partial charge in [0.2, 0.25) is 5.91 Å². The molecule has 162 valence electrons. The van der Waals surface area contributed by atoms with Crippen molar-refractivity contribution < 1.29 is 13.9 Å². The molecule has 0 aliphatic rings. The van der Waals surface area contributed by atoms with E-state index < -0.39 is 6.04 Å². The number of benzene rings is 1. The van der Waals surface area contributed by atoms with Crippen LogP contribution in [-0.2, 0) is 17.8 Å². The van der Waals surface area contributed by atoms with Gasteiger partial charge >= 0.3 is 0 Å². The molecule has 1 aromatic carbocycles. The quantitative estimate of drug-likeness (QED) is 0.492. The van der Waals surface area contributed by atoms with Crippen molar-refractivity contribution in [2.75, 3.05) is 0 Å². The van der Waals surface area contributed by atoms with E-state index in [1.54, 1.807) is 29.7 Å². The first-order chi connectivity index (χ1) is 14.9.